The number of aryl methyl sites for hydroxylation is 1. The Balaban J connectivity index is 1.46. The fraction of sp³-hybridized carbons (Fsp3) is 0.308. The highest BCUT2D eigenvalue weighted by Gasteiger charge is 2.38. The molecule has 6 nitrogen and oxygen atoms in total. The summed E-state index contributed by atoms with van der Waals surface area (Å²) in [6.07, 6.45) is 5.16. The van der Waals surface area contributed by atoms with E-state index in [9.17, 15) is 17.4 Å². The van der Waals surface area contributed by atoms with Crippen molar-refractivity contribution in [2.75, 3.05) is 18.0 Å². The molecule has 0 aliphatic carbocycles. The number of aromatic nitrogens is 3. The van der Waals surface area contributed by atoms with Crippen molar-refractivity contribution in [2.45, 2.75) is 43.3 Å². The number of hydrogen-bond donors (Lipinski definition) is 1. The summed E-state index contributed by atoms with van der Waals surface area (Å²) < 4.78 is 52.5. The lowest BCUT2D eigenvalue weighted by molar-refractivity contribution is -0.0384. The second-order valence-corrected chi connectivity index (χ2v) is 10.6. The molecule has 2 aromatic carbocycles. The van der Waals surface area contributed by atoms with Gasteiger partial charge in [-0.1, -0.05) is 18.2 Å². The summed E-state index contributed by atoms with van der Waals surface area (Å²) in [4.78, 5) is 6.70. The van der Waals surface area contributed by atoms with Gasteiger partial charge in [0.05, 0.1) is 6.20 Å². The molecule has 0 bridgehead atoms. The van der Waals surface area contributed by atoms with Crippen molar-refractivity contribution >= 4 is 22.1 Å². The average molecular weight is 514 g/mol. The number of nitrogens with one attached hydrogen (secondary N) is 1. The number of halogens is 3. The van der Waals surface area contributed by atoms with Gasteiger partial charge in [-0.05, 0) is 61.7 Å². The van der Waals surface area contributed by atoms with Gasteiger partial charge in [0.15, 0.2) is 16.4 Å². The number of benzene rings is 2. The van der Waals surface area contributed by atoms with Crippen LogP contribution >= 0.6 is 0 Å². The highest BCUT2D eigenvalue weighted by Crippen LogP contribution is 2.33. The summed E-state index contributed by atoms with van der Waals surface area (Å²) in [5, 5.41) is 7.84. The second-order valence-electron chi connectivity index (χ2n) is 9.17. The first-order valence-electron chi connectivity index (χ1n) is 11.7. The van der Waals surface area contributed by atoms with Crippen LogP contribution in [0.1, 0.15) is 19.4 Å². The summed E-state index contributed by atoms with van der Waals surface area (Å²) in [7, 11) is -3.11. The van der Waals surface area contributed by atoms with Gasteiger partial charge in [0, 0.05) is 59.3 Å². The Bertz CT molecular complexity index is 1420. The first-order valence-corrected chi connectivity index (χ1v) is 12.8. The van der Waals surface area contributed by atoms with Crippen molar-refractivity contribution in [3.8, 4) is 22.3 Å². The van der Waals surface area contributed by atoms with Crippen molar-refractivity contribution < 1.29 is 17.4 Å². The van der Waals surface area contributed by atoms with Gasteiger partial charge in [0.25, 0.3) is 0 Å². The third kappa shape index (κ3) is 4.51. The highest BCUT2D eigenvalue weighted by atomic mass is 32.2. The molecule has 1 N–H and O–H groups in total. The van der Waals surface area contributed by atoms with Gasteiger partial charge in [0.1, 0.15) is 0 Å². The molecule has 10 heteroatoms. The minimum absolute atomic E-state index is 0.299. The lowest BCUT2D eigenvalue weighted by atomic mass is 10.0. The number of rotatable bonds is 4. The Hall–Kier alpha value is -3.24. The fourth-order valence-corrected chi connectivity index (χ4v) is 5.50. The van der Waals surface area contributed by atoms with Crippen molar-refractivity contribution in [1.29, 1.82) is 0 Å². The fourth-order valence-electron chi connectivity index (χ4n) is 4.82. The van der Waals surface area contributed by atoms with Crippen LogP contribution in [-0.2, 0) is 10.8 Å². The molecule has 3 atom stereocenters. The summed E-state index contributed by atoms with van der Waals surface area (Å²) in [5.41, 5.74) is 0.552. The van der Waals surface area contributed by atoms with Crippen molar-refractivity contribution in [3.05, 3.63) is 66.6 Å². The Kier molecular flexibility index (Phi) is 6.34. The molecule has 0 saturated carbocycles. The maximum atomic E-state index is 13.0. The number of anilines is 1. The Labute approximate surface area is 209 Å². The smallest absolute Gasteiger partial charge is 0.364 e. The zero-order chi connectivity index (χ0) is 25.6. The molecule has 1 saturated heterocycles. The zero-order valence-corrected chi connectivity index (χ0v) is 20.9. The molecule has 3 unspecified atom stereocenters. The first-order chi connectivity index (χ1) is 17.1. The first kappa shape index (κ1) is 24.5. The molecule has 36 heavy (non-hydrogen) atoms. The van der Waals surface area contributed by atoms with E-state index in [-0.39, 0.29) is 4.90 Å². The van der Waals surface area contributed by atoms with Crippen molar-refractivity contribution in [3.63, 3.8) is 0 Å². The van der Waals surface area contributed by atoms with Crippen molar-refractivity contribution in [2.24, 2.45) is 0 Å². The molecule has 1 fully saturated rings. The predicted molar refractivity (Wildman–Crippen MR) is 135 cm³/mol. The number of hydrogen-bond acceptors (Lipinski definition) is 5. The van der Waals surface area contributed by atoms with Gasteiger partial charge in [-0.2, -0.15) is 18.3 Å². The molecule has 0 spiro atoms. The second kappa shape index (κ2) is 9.33. The van der Waals surface area contributed by atoms with Gasteiger partial charge >= 0.3 is 5.51 Å². The standard InChI is InChI=1S/C26H26F3N5OS/c1-16-4-9-22(36(35)26(27,28)29)10-23(16)24-14-32-33-15-20(13-31-25(24)33)19-5-7-21(8-6-19)34-17(2)11-30-12-18(34)3/h4-10,13-15,17-18,30H,11-12H2,1-3H3. The number of fused-ring (bicyclic) bond motifs is 1. The SMILES string of the molecule is Cc1ccc(S(=O)C(F)(F)F)cc1-c1cnn2cc(-c3ccc(N4C(C)CNCC4C)cc3)cnc12. The van der Waals surface area contributed by atoms with Crippen LogP contribution in [0.15, 0.2) is 66.0 Å². The van der Waals surface area contributed by atoms with Gasteiger partial charge in [0.2, 0.25) is 0 Å². The van der Waals surface area contributed by atoms with E-state index in [1.54, 1.807) is 23.8 Å². The van der Waals surface area contributed by atoms with E-state index in [1.165, 1.54) is 23.9 Å². The Morgan fingerprint density at radius 3 is 2.33 bits per heavy atom. The number of alkyl halides is 3. The Morgan fingerprint density at radius 2 is 1.67 bits per heavy atom. The summed E-state index contributed by atoms with van der Waals surface area (Å²) in [6.45, 7) is 8.10. The van der Waals surface area contributed by atoms with Crippen molar-refractivity contribution in [1.82, 2.24) is 19.9 Å². The molecule has 1 aliphatic heterocycles. The average Bonchev–Trinajstić information content (AvgIpc) is 3.27. The number of piperazine rings is 1. The third-order valence-electron chi connectivity index (χ3n) is 6.61. The van der Waals surface area contributed by atoms with Gasteiger partial charge in [-0.25, -0.2) is 13.7 Å². The molecule has 5 rings (SSSR count). The van der Waals surface area contributed by atoms with Crippen LogP contribution in [0.3, 0.4) is 0 Å². The predicted octanol–water partition coefficient (Wildman–Crippen LogP) is 5.19. The Morgan fingerprint density at radius 1 is 0.972 bits per heavy atom. The number of nitrogens with zero attached hydrogens (tertiary/aromatic N) is 4. The maximum Gasteiger partial charge on any atom is 0.475 e. The molecule has 0 amide bonds. The van der Waals surface area contributed by atoms with Gasteiger partial charge < -0.3 is 10.2 Å². The topological polar surface area (TPSA) is 62.5 Å². The van der Waals surface area contributed by atoms with E-state index in [4.69, 9.17) is 0 Å². The maximum absolute atomic E-state index is 13.0. The molecule has 4 aromatic rings. The molecule has 188 valence electrons. The van der Waals surface area contributed by atoms with E-state index in [1.807, 2.05) is 6.20 Å². The minimum Gasteiger partial charge on any atom is -0.364 e. The lowest BCUT2D eigenvalue weighted by Crippen LogP contribution is -2.55. The summed E-state index contributed by atoms with van der Waals surface area (Å²) in [5.74, 6) is 0. The van der Waals surface area contributed by atoms with Crippen LogP contribution in [0.25, 0.3) is 27.9 Å². The van der Waals surface area contributed by atoms with E-state index < -0.39 is 16.3 Å². The lowest BCUT2D eigenvalue weighted by Gasteiger charge is -2.41. The molecule has 0 radical (unpaired) electrons. The molecular formula is C26H26F3N5OS. The summed E-state index contributed by atoms with van der Waals surface area (Å²) in [6, 6.07) is 13.2. The van der Waals surface area contributed by atoms with Crippen LogP contribution in [0, 0.1) is 6.92 Å². The van der Waals surface area contributed by atoms with Crippen LogP contribution in [0.4, 0.5) is 18.9 Å². The highest BCUT2D eigenvalue weighted by molar-refractivity contribution is 7.86. The molecular weight excluding hydrogens is 487 g/mol. The summed E-state index contributed by atoms with van der Waals surface area (Å²) >= 11 is 0. The quantitative estimate of drug-likeness (QED) is 0.407. The largest absolute Gasteiger partial charge is 0.475 e. The molecule has 1 aliphatic rings. The normalized spacial score (nSPS) is 19.6. The van der Waals surface area contributed by atoms with Crippen LogP contribution in [-0.4, -0.2) is 49.5 Å². The van der Waals surface area contributed by atoms with E-state index in [2.05, 4.69) is 58.4 Å². The van der Waals surface area contributed by atoms with E-state index in [0.717, 1.165) is 29.8 Å². The van der Waals surface area contributed by atoms with E-state index >= 15 is 0 Å². The molecule has 3 heterocycles. The van der Waals surface area contributed by atoms with Crippen LogP contribution in [0.2, 0.25) is 0 Å². The monoisotopic (exact) mass is 513 g/mol. The van der Waals surface area contributed by atoms with Crippen LogP contribution in [0.5, 0.6) is 0 Å². The third-order valence-corrected chi connectivity index (χ3v) is 7.71. The molecule has 2 aromatic heterocycles. The van der Waals surface area contributed by atoms with Gasteiger partial charge in [-0.15, -0.1) is 0 Å². The zero-order valence-electron chi connectivity index (χ0n) is 20.1. The van der Waals surface area contributed by atoms with Crippen LogP contribution < -0.4 is 10.2 Å². The minimum atomic E-state index is -4.82. The van der Waals surface area contributed by atoms with E-state index in [0.29, 0.717) is 28.9 Å². The van der Waals surface area contributed by atoms with Gasteiger partial charge in [-0.3, -0.25) is 0 Å².